The molecule has 3 N–H and O–H groups in total. The molecule has 2 aromatic carbocycles. The van der Waals surface area contributed by atoms with E-state index in [1.807, 2.05) is 13.0 Å². The Kier molecular flexibility index (Phi) is 3.85. The van der Waals surface area contributed by atoms with Crippen LogP contribution in [-0.2, 0) is 0 Å². The minimum atomic E-state index is -0.599. The topological polar surface area (TPSA) is 55.1 Å². The molecular weight excluding hydrogens is 311 g/mol. The van der Waals surface area contributed by atoms with Gasteiger partial charge >= 0.3 is 0 Å². The van der Waals surface area contributed by atoms with Gasteiger partial charge in [-0.2, -0.15) is 0 Å². The van der Waals surface area contributed by atoms with Crippen LogP contribution in [0, 0.1) is 12.7 Å². The second-order valence-electron chi connectivity index (χ2n) is 4.12. The van der Waals surface area contributed by atoms with Crippen LogP contribution in [0.1, 0.15) is 15.9 Å². The second kappa shape index (κ2) is 5.40. The number of para-hydroxylation sites is 1. The Morgan fingerprint density at radius 1 is 1.32 bits per heavy atom. The molecule has 0 unspecified atom stereocenters. The van der Waals surface area contributed by atoms with Gasteiger partial charge in [-0.05, 0) is 36.8 Å². The van der Waals surface area contributed by atoms with Gasteiger partial charge < -0.3 is 11.1 Å². The van der Waals surface area contributed by atoms with E-state index in [4.69, 9.17) is 5.73 Å². The van der Waals surface area contributed by atoms with Crippen LogP contribution in [0.5, 0.6) is 0 Å². The van der Waals surface area contributed by atoms with Crippen molar-refractivity contribution >= 4 is 33.2 Å². The predicted molar refractivity (Wildman–Crippen MR) is 77.6 cm³/mol. The van der Waals surface area contributed by atoms with Crippen molar-refractivity contribution < 1.29 is 9.18 Å². The summed E-state index contributed by atoms with van der Waals surface area (Å²) in [6.45, 7) is 1.94. The highest BCUT2D eigenvalue weighted by molar-refractivity contribution is 9.10. The van der Waals surface area contributed by atoms with E-state index < -0.39 is 11.7 Å². The summed E-state index contributed by atoms with van der Waals surface area (Å²) in [7, 11) is 0. The number of nitrogen functional groups attached to an aromatic ring is 1. The van der Waals surface area contributed by atoms with Crippen molar-refractivity contribution in [2.45, 2.75) is 6.92 Å². The molecule has 0 aliphatic heterocycles. The van der Waals surface area contributed by atoms with Gasteiger partial charge in [-0.3, -0.25) is 4.79 Å². The molecular formula is C14H12BrFN2O. The third-order valence-electron chi connectivity index (χ3n) is 2.73. The van der Waals surface area contributed by atoms with Crippen molar-refractivity contribution in [2.75, 3.05) is 11.1 Å². The first-order valence-electron chi connectivity index (χ1n) is 5.60. The van der Waals surface area contributed by atoms with Crippen LogP contribution in [0.15, 0.2) is 40.9 Å². The quantitative estimate of drug-likeness (QED) is 0.828. The number of hydrogen-bond donors (Lipinski definition) is 2. The molecule has 3 nitrogen and oxygen atoms in total. The number of nitrogens with two attached hydrogens (primary N) is 1. The fourth-order valence-electron chi connectivity index (χ4n) is 1.60. The van der Waals surface area contributed by atoms with Crippen molar-refractivity contribution in [1.29, 1.82) is 0 Å². The lowest BCUT2D eigenvalue weighted by Gasteiger charge is -2.09. The summed E-state index contributed by atoms with van der Waals surface area (Å²) >= 11 is 3.38. The first kappa shape index (κ1) is 13.5. The molecule has 0 bridgehead atoms. The van der Waals surface area contributed by atoms with E-state index in [2.05, 4.69) is 21.2 Å². The number of aryl methyl sites for hydroxylation is 1. The van der Waals surface area contributed by atoms with E-state index in [0.717, 1.165) is 10.0 Å². The van der Waals surface area contributed by atoms with Crippen LogP contribution in [0.25, 0.3) is 0 Å². The van der Waals surface area contributed by atoms with Gasteiger partial charge in [0.2, 0.25) is 0 Å². The summed E-state index contributed by atoms with van der Waals surface area (Å²) in [6.07, 6.45) is 0. The molecule has 5 heteroatoms. The van der Waals surface area contributed by atoms with Crippen LogP contribution in [0.3, 0.4) is 0 Å². The van der Waals surface area contributed by atoms with Gasteiger partial charge in [-0.1, -0.05) is 28.1 Å². The largest absolute Gasteiger partial charge is 0.396 e. The van der Waals surface area contributed by atoms with Crippen molar-refractivity contribution in [1.82, 2.24) is 0 Å². The Balaban J connectivity index is 2.26. The average molecular weight is 323 g/mol. The highest BCUT2D eigenvalue weighted by Crippen LogP contribution is 2.22. The Morgan fingerprint density at radius 3 is 2.74 bits per heavy atom. The monoisotopic (exact) mass is 322 g/mol. The van der Waals surface area contributed by atoms with Gasteiger partial charge in [0.05, 0.1) is 11.3 Å². The standard InChI is InChI=1S/C14H12BrFN2O/c1-8-5-6-9(7-11(8)15)18-14(19)10-3-2-4-12(16)13(10)17/h2-7H,17H2,1H3,(H,18,19). The first-order valence-corrected chi connectivity index (χ1v) is 6.40. The maximum Gasteiger partial charge on any atom is 0.257 e. The van der Waals surface area contributed by atoms with Gasteiger partial charge in [0.25, 0.3) is 5.91 Å². The van der Waals surface area contributed by atoms with Gasteiger partial charge in [0, 0.05) is 10.2 Å². The van der Waals surface area contributed by atoms with Crippen LogP contribution in [-0.4, -0.2) is 5.91 Å². The average Bonchev–Trinajstić information content (AvgIpc) is 2.37. The number of carbonyl (C=O) groups excluding carboxylic acids is 1. The predicted octanol–water partition coefficient (Wildman–Crippen LogP) is 3.73. The zero-order chi connectivity index (χ0) is 14.0. The molecule has 0 radical (unpaired) electrons. The van der Waals surface area contributed by atoms with Crippen LogP contribution < -0.4 is 11.1 Å². The maximum atomic E-state index is 13.3. The third-order valence-corrected chi connectivity index (χ3v) is 3.58. The number of carbonyl (C=O) groups is 1. The van der Waals surface area contributed by atoms with E-state index in [1.165, 1.54) is 18.2 Å². The number of halogens is 2. The summed E-state index contributed by atoms with van der Waals surface area (Å²) in [4.78, 5) is 12.0. The second-order valence-corrected chi connectivity index (χ2v) is 4.97. The molecule has 98 valence electrons. The van der Waals surface area contributed by atoms with Crippen molar-refractivity contribution in [3.05, 3.63) is 57.8 Å². The fraction of sp³-hybridized carbons (Fsp3) is 0.0714. The molecule has 0 aliphatic carbocycles. The van der Waals surface area contributed by atoms with E-state index in [9.17, 15) is 9.18 Å². The Hall–Kier alpha value is -1.88. The summed E-state index contributed by atoms with van der Waals surface area (Å²) in [5.74, 6) is -1.04. The van der Waals surface area contributed by atoms with Crippen molar-refractivity contribution in [2.24, 2.45) is 0 Å². The molecule has 0 aliphatic rings. The molecule has 0 fully saturated rings. The molecule has 0 saturated heterocycles. The Morgan fingerprint density at radius 2 is 2.05 bits per heavy atom. The number of nitrogens with one attached hydrogen (secondary N) is 1. The summed E-state index contributed by atoms with van der Waals surface area (Å²) in [5, 5.41) is 2.68. The van der Waals surface area contributed by atoms with E-state index in [1.54, 1.807) is 12.1 Å². The molecule has 0 heterocycles. The Labute approximate surface area is 118 Å². The van der Waals surface area contributed by atoms with Gasteiger partial charge in [-0.15, -0.1) is 0 Å². The normalized spacial score (nSPS) is 10.3. The smallest absolute Gasteiger partial charge is 0.257 e. The highest BCUT2D eigenvalue weighted by atomic mass is 79.9. The zero-order valence-corrected chi connectivity index (χ0v) is 11.8. The molecule has 2 rings (SSSR count). The molecule has 2 aromatic rings. The fourth-order valence-corrected chi connectivity index (χ4v) is 1.98. The lowest BCUT2D eigenvalue weighted by molar-refractivity contribution is 0.102. The summed E-state index contributed by atoms with van der Waals surface area (Å²) in [6, 6.07) is 9.57. The molecule has 0 aromatic heterocycles. The summed E-state index contributed by atoms with van der Waals surface area (Å²) < 4.78 is 14.2. The van der Waals surface area contributed by atoms with E-state index in [-0.39, 0.29) is 11.3 Å². The van der Waals surface area contributed by atoms with Crippen LogP contribution in [0.2, 0.25) is 0 Å². The highest BCUT2D eigenvalue weighted by Gasteiger charge is 2.12. The number of amides is 1. The number of rotatable bonds is 2. The minimum absolute atomic E-state index is 0.122. The third kappa shape index (κ3) is 2.93. The zero-order valence-electron chi connectivity index (χ0n) is 10.2. The van der Waals surface area contributed by atoms with Crippen molar-refractivity contribution in [3.8, 4) is 0 Å². The Bertz CT molecular complexity index is 643. The minimum Gasteiger partial charge on any atom is -0.396 e. The van der Waals surface area contributed by atoms with E-state index in [0.29, 0.717) is 5.69 Å². The van der Waals surface area contributed by atoms with Crippen LogP contribution in [0.4, 0.5) is 15.8 Å². The molecule has 0 saturated carbocycles. The summed E-state index contributed by atoms with van der Waals surface area (Å²) in [5.41, 5.74) is 7.20. The van der Waals surface area contributed by atoms with Crippen molar-refractivity contribution in [3.63, 3.8) is 0 Å². The SMILES string of the molecule is Cc1ccc(NC(=O)c2cccc(F)c2N)cc1Br. The molecule has 0 atom stereocenters. The van der Waals surface area contributed by atoms with E-state index >= 15 is 0 Å². The lowest BCUT2D eigenvalue weighted by Crippen LogP contribution is -2.14. The number of hydrogen-bond acceptors (Lipinski definition) is 2. The molecule has 0 spiro atoms. The maximum absolute atomic E-state index is 13.3. The van der Waals surface area contributed by atoms with Gasteiger partial charge in [-0.25, -0.2) is 4.39 Å². The van der Waals surface area contributed by atoms with Crippen LogP contribution >= 0.6 is 15.9 Å². The van der Waals surface area contributed by atoms with Gasteiger partial charge in [0.1, 0.15) is 5.82 Å². The van der Waals surface area contributed by atoms with Gasteiger partial charge in [0.15, 0.2) is 0 Å². The lowest BCUT2D eigenvalue weighted by atomic mass is 10.1. The first-order chi connectivity index (χ1) is 8.99. The molecule has 19 heavy (non-hydrogen) atoms. The number of benzene rings is 2. The molecule has 1 amide bonds. The number of anilines is 2.